The molecule has 0 aliphatic heterocycles. The summed E-state index contributed by atoms with van der Waals surface area (Å²) in [5.41, 5.74) is -1.66. The van der Waals surface area contributed by atoms with Gasteiger partial charge in [0, 0.05) is 0 Å². The fraction of sp³-hybridized carbons (Fsp3) is 0.846. The van der Waals surface area contributed by atoms with Crippen LogP contribution >= 0.6 is 0 Å². The fourth-order valence-electron chi connectivity index (χ4n) is 1.86. The first-order chi connectivity index (χ1) is 7.87. The van der Waals surface area contributed by atoms with Gasteiger partial charge in [0.25, 0.3) is 0 Å². The Morgan fingerprint density at radius 3 is 1.94 bits per heavy atom. The predicted molar refractivity (Wildman–Crippen MR) is 73.9 cm³/mol. The van der Waals surface area contributed by atoms with Crippen molar-refractivity contribution in [1.29, 1.82) is 0 Å². The van der Waals surface area contributed by atoms with E-state index >= 15 is 0 Å². The second kappa shape index (κ2) is 10.3. The van der Waals surface area contributed by atoms with Crippen molar-refractivity contribution < 1.29 is 22.7 Å². The van der Waals surface area contributed by atoms with E-state index in [-0.39, 0.29) is 57.7 Å². The van der Waals surface area contributed by atoms with Gasteiger partial charge in [0.2, 0.25) is 0 Å². The molecule has 4 nitrogen and oxygen atoms in total. The van der Waals surface area contributed by atoms with Crippen LogP contribution in [0.2, 0.25) is 0 Å². The first kappa shape index (κ1) is 20.8. The van der Waals surface area contributed by atoms with Crippen LogP contribution in [-0.2, 0) is 9.59 Å². The van der Waals surface area contributed by atoms with E-state index < -0.39 is 17.4 Å². The van der Waals surface area contributed by atoms with Crippen LogP contribution in [0.3, 0.4) is 0 Å². The van der Waals surface area contributed by atoms with Crippen LogP contribution in [0.4, 0.5) is 0 Å². The molecule has 1 atom stereocenters. The van der Waals surface area contributed by atoms with Crippen molar-refractivity contribution in [2.24, 2.45) is 11.3 Å². The standard InChI is InChI=1S/C13H24O4.Ba.2H/c1-4-5-6-7-8-9-10(2)13(3,11(14)15)12(16)17;;;/h10H,4-9H2,1-3H3,(H,14,15)(H,16,17);;;/q;+2;2*-1. The van der Waals surface area contributed by atoms with Gasteiger partial charge in [0.15, 0.2) is 5.41 Å². The van der Waals surface area contributed by atoms with Crippen molar-refractivity contribution in [1.82, 2.24) is 0 Å². The smallest absolute Gasteiger partial charge is 1.00 e. The van der Waals surface area contributed by atoms with Gasteiger partial charge in [-0.15, -0.1) is 0 Å². The first-order valence-corrected chi connectivity index (χ1v) is 6.34. The molecule has 0 rings (SSSR count). The van der Waals surface area contributed by atoms with Crippen LogP contribution in [-0.4, -0.2) is 71.0 Å². The summed E-state index contributed by atoms with van der Waals surface area (Å²) in [4.78, 5) is 22.1. The van der Waals surface area contributed by atoms with E-state index in [1.165, 1.54) is 13.3 Å². The van der Waals surface area contributed by atoms with Crippen LogP contribution in [0.5, 0.6) is 0 Å². The number of hydrogen-bond donors (Lipinski definition) is 2. The summed E-state index contributed by atoms with van der Waals surface area (Å²) in [5.74, 6) is -2.84. The third-order valence-electron chi connectivity index (χ3n) is 3.61. The molecule has 0 amide bonds. The maximum atomic E-state index is 11.1. The second-order valence-electron chi connectivity index (χ2n) is 4.92. The Hall–Kier alpha value is 0.511. The van der Waals surface area contributed by atoms with Gasteiger partial charge in [-0.05, 0) is 19.3 Å². The molecule has 104 valence electrons. The minimum absolute atomic E-state index is 0. The Morgan fingerprint density at radius 2 is 1.56 bits per heavy atom. The summed E-state index contributed by atoms with van der Waals surface area (Å²) in [6.07, 6.45) is 6.09. The molecule has 0 heterocycles. The summed E-state index contributed by atoms with van der Waals surface area (Å²) < 4.78 is 0. The van der Waals surface area contributed by atoms with E-state index in [4.69, 9.17) is 10.2 Å². The van der Waals surface area contributed by atoms with Gasteiger partial charge < -0.3 is 13.1 Å². The van der Waals surface area contributed by atoms with Crippen LogP contribution in [0.25, 0.3) is 0 Å². The Morgan fingerprint density at radius 1 is 1.11 bits per heavy atom. The summed E-state index contributed by atoms with van der Waals surface area (Å²) in [6.45, 7) is 5.14. The van der Waals surface area contributed by atoms with Gasteiger partial charge in [0.1, 0.15) is 0 Å². The third kappa shape index (κ3) is 6.10. The molecule has 0 saturated heterocycles. The van der Waals surface area contributed by atoms with Gasteiger partial charge in [-0.25, -0.2) is 0 Å². The monoisotopic (exact) mass is 384 g/mol. The molecule has 5 heteroatoms. The van der Waals surface area contributed by atoms with Gasteiger partial charge in [0.05, 0.1) is 0 Å². The SMILES string of the molecule is CCCCCCCC(C)C(C)(C(=O)O)C(=O)O.[Ba+2].[H-].[H-]. The molecule has 0 radical (unpaired) electrons. The zero-order chi connectivity index (χ0) is 13.5. The molecule has 0 bridgehead atoms. The van der Waals surface area contributed by atoms with E-state index in [1.54, 1.807) is 6.92 Å². The molecule has 0 aromatic carbocycles. The third-order valence-corrected chi connectivity index (χ3v) is 3.61. The zero-order valence-corrected chi connectivity index (χ0v) is 16.2. The summed E-state index contributed by atoms with van der Waals surface area (Å²) in [7, 11) is 0. The van der Waals surface area contributed by atoms with Gasteiger partial charge >= 0.3 is 60.8 Å². The zero-order valence-electron chi connectivity index (χ0n) is 13.7. The maximum Gasteiger partial charge on any atom is 2.00 e. The van der Waals surface area contributed by atoms with Crippen LogP contribution < -0.4 is 0 Å². The van der Waals surface area contributed by atoms with Crippen molar-refractivity contribution in [2.45, 2.75) is 59.3 Å². The minimum atomic E-state index is -1.66. The van der Waals surface area contributed by atoms with Crippen molar-refractivity contribution >= 4 is 60.8 Å². The molecular formula is C13H26BaO4. The number of carboxylic acids is 2. The minimum Gasteiger partial charge on any atom is -1.00 e. The molecule has 0 saturated carbocycles. The quantitative estimate of drug-likeness (QED) is 0.365. The molecule has 1 unspecified atom stereocenters. The average molecular weight is 384 g/mol. The molecule has 18 heavy (non-hydrogen) atoms. The normalized spacial score (nSPS) is 12.6. The molecule has 0 spiro atoms. The molecular weight excluding hydrogens is 357 g/mol. The number of unbranched alkanes of at least 4 members (excludes halogenated alkanes) is 4. The van der Waals surface area contributed by atoms with Gasteiger partial charge in [-0.2, -0.15) is 0 Å². The summed E-state index contributed by atoms with van der Waals surface area (Å²) in [6, 6.07) is 0. The number of rotatable bonds is 9. The maximum absolute atomic E-state index is 11.1. The fourth-order valence-corrected chi connectivity index (χ4v) is 1.86. The molecule has 2 N–H and O–H groups in total. The second-order valence-corrected chi connectivity index (χ2v) is 4.92. The Bertz CT molecular complexity index is 261. The van der Waals surface area contributed by atoms with Crippen molar-refractivity contribution in [3.63, 3.8) is 0 Å². The Labute approximate surface area is 153 Å². The number of carboxylic acid groups (broad SMARTS) is 2. The average Bonchev–Trinajstić information content (AvgIpc) is 2.26. The Balaban J connectivity index is -0.000000427. The van der Waals surface area contributed by atoms with E-state index in [1.807, 2.05) is 0 Å². The number of hydrogen-bond acceptors (Lipinski definition) is 2. The Kier molecular flexibility index (Phi) is 11.9. The van der Waals surface area contributed by atoms with Crippen LogP contribution in [0, 0.1) is 11.3 Å². The van der Waals surface area contributed by atoms with Crippen LogP contribution in [0.1, 0.15) is 62.1 Å². The van der Waals surface area contributed by atoms with Crippen molar-refractivity contribution in [2.75, 3.05) is 0 Å². The van der Waals surface area contributed by atoms with E-state index in [2.05, 4.69) is 6.92 Å². The molecule has 0 fully saturated rings. The number of aliphatic carboxylic acids is 2. The molecule has 0 aromatic rings. The number of carbonyl (C=O) groups is 2. The predicted octanol–water partition coefficient (Wildman–Crippen LogP) is 3.00. The van der Waals surface area contributed by atoms with Gasteiger partial charge in [-0.3, -0.25) is 9.59 Å². The summed E-state index contributed by atoms with van der Waals surface area (Å²) in [5, 5.41) is 18.1. The molecule has 0 aliphatic rings. The van der Waals surface area contributed by atoms with E-state index in [0.29, 0.717) is 6.42 Å². The summed E-state index contributed by atoms with van der Waals surface area (Å²) >= 11 is 0. The largest absolute Gasteiger partial charge is 2.00 e. The van der Waals surface area contributed by atoms with Crippen molar-refractivity contribution in [3.05, 3.63) is 0 Å². The topological polar surface area (TPSA) is 74.6 Å². The first-order valence-electron chi connectivity index (χ1n) is 6.34. The van der Waals surface area contributed by atoms with E-state index in [0.717, 1.165) is 25.7 Å². The van der Waals surface area contributed by atoms with Crippen LogP contribution in [0.15, 0.2) is 0 Å². The van der Waals surface area contributed by atoms with E-state index in [9.17, 15) is 9.59 Å². The van der Waals surface area contributed by atoms with Gasteiger partial charge in [-0.1, -0.05) is 46.0 Å². The molecule has 0 aliphatic carbocycles. The van der Waals surface area contributed by atoms with Crippen molar-refractivity contribution in [3.8, 4) is 0 Å². The molecule has 0 aromatic heterocycles.